The van der Waals surface area contributed by atoms with E-state index in [2.05, 4.69) is 15.5 Å². The molecule has 1 aromatic heterocycles. The third kappa shape index (κ3) is 4.23. The van der Waals surface area contributed by atoms with Gasteiger partial charge < -0.3 is 14.6 Å². The molecule has 0 saturated heterocycles. The molecule has 25 heavy (non-hydrogen) atoms. The fourth-order valence-corrected chi connectivity index (χ4v) is 2.40. The number of hydrogen-bond donors (Lipinski definition) is 1. The van der Waals surface area contributed by atoms with Gasteiger partial charge in [-0.3, -0.25) is 4.79 Å². The largest absolute Gasteiger partial charge is 0.485 e. The van der Waals surface area contributed by atoms with E-state index in [0.717, 1.165) is 16.8 Å². The van der Waals surface area contributed by atoms with Crippen molar-refractivity contribution in [2.45, 2.75) is 27.4 Å². The van der Waals surface area contributed by atoms with Crippen molar-refractivity contribution in [3.05, 3.63) is 70.9 Å². The number of nitrogens with one attached hydrogen (secondary N) is 1. The Morgan fingerprint density at radius 3 is 2.52 bits per heavy atom. The molecule has 1 N–H and O–H groups in total. The van der Waals surface area contributed by atoms with Crippen molar-refractivity contribution in [3.8, 4) is 5.75 Å². The standard InChI is InChI=1S/C19H19N3O3/c1-12-4-9-17(13(2)10-12)21-19(23)15-5-7-16(8-6-15)24-11-18-20-14(3)25-22-18/h4-10H,11H2,1-3H3,(H,21,23). The molecule has 1 heterocycles. The normalized spacial score (nSPS) is 10.5. The number of ether oxygens (including phenoxy) is 1. The van der Waals surface area contributed by atoms with E-state index < -0.39 is 0 Å². The van der Waals surface area contributed by atoms with Crippen LogP contribution in [-0.2, 0) is 6.61 Å². The monoisotopic (exact) mass is 337 g/mol. The number of carbonyl (C=O) groups excluding carboxylic acids is 1. The highest BCUT2D eigenvalue weighted by molar-refractivity contribution is 6.04. The van der Waals surface area contributed by atoms with Crippen LogP contribution in [0.15, 0.2) is 47.0 Å². The van der Waals surface area contributed by atoms with Crippen molar-refractivity contribution in [1.29, 1.82) is 0 Å². The summed E-state index contributed by atoms with van der Waals surface area (Å²) in [6, 6.07) is 12.8. The lowest BCUT2D eigenvalue weighted by atomic mass is 10.1. The van der Waals surface area contributed by atoms with Crippen LogP contribution >= 0.6 is 0 Å². The highest BCUT2D eigenvalue weighted by Gasteiger charge is 2.09. The van der Waals surface area contributed by atoms with E-state index in [9.17, 15) is 4.79 Å². The maximum Gasteiger partial charge on any atom is 0.255 e. The van der Waals surface area contributed by atoms with E-state index in [4.69, 9.17) is 9.26 Å². The number of aromatic nitrogens is 2. The smallest absolute Gasteiger partial charge is 0.255 e. The van der Waals surface area contributed by atoms with E-state index >= 15 is 0 Å². The van der Waals surface area contributed by atoms with E-state index in [1.165, 1.54) is 0 Å². The van der Waals surface area contributed by atoms with Gasteiger partial charge >= 0.3 is 0 Å². The molecule has 3 rings (SSSR count). The Morgan fingerprint density at radius 1 is 1.12 bits per heavy atom. The molecule has 2 aromatic carbocycles. The Hall–Kier alpha value is -3.15. The first-order valence-electron chi connectivity index (χ1n) is 7.92. The first-order valence-corrected chi connectivity index (χ1v) is 7.92. The van der Waals surface area contributed by atoms with Crippen LogP contribution in [0.25, 0.3) is 0 Å². The van der Waals surface area contributed by atoms with Crippen LogP contribution in [0.2, 0.25) is 0 Å². The van der Waals surface area contributed by atoms with Gasteiger partial charge in [0.1, 0.15) is 5.75 Å². The van der Waals surface area contributed by atoms with Crippen molar-refractivity contribution in [2.75, 3.05) is 5.32 Å². The average Bonchev–Trinajstić information content (AvgIpc) is 3.01. The zero-order chi connectivity index (χ0) is 17.8. The van der Waals surface area contributed by atoms with Crippen molar-refractivity contribution in [2.24, 2.45) is 0 Å². The lowest BCUT2D eigenvalue weighted by molar-refractivity contribution is 0.102. The Bertz CT molecular complexity index is 885. The third-order valence-electron chi connectivity index (χ3n) is 3.68. The van der Waals surface area contributed by atoms with Crippen LogP contribution < -0.4 is 10.1 Å². The molecule has 0 bridgehead atoms. The maximum atomic E-state index is 12.4. The predicted molar refractivity (Wildman–Crippen MR) is 93.7 cm³/mol. The van der Waals surface area contributed by atoms with Crippen LogP contribution in [0, 0.1) is 20.8 Å². The molecule has 6 heteroatoms. The van der Waals surface area contributed by atoms with Crippen LogP contribution in [0.5, 0.6) is 5.75 Å². The average molecular weight is 337 g/mol. The summed E-state index contributed by atoms with van der Waals surface area (Å²) in [7, 11) is 0. The molecule has 0 aliphatic carbocycles. The molecular formula is C19H19N3O3. The summed E-state index contributed by atoms with van der Waals surface area (Å²) in [6.45, 7) is 5.93. The van der Waals surface area contributed by atoms with Crippen LogP contribution in [-0.4, -0.2) is 16.0 Å². The number of rotatable bonds is 5. The number of carbonyl (C=O) groups is 1. The molecule has 6 nitrogen and oxygen atoms in total. The van der Waals surface area contributed by atoms with E-state index in [1.54, 1.807) is 31.2 Å². The molecule has 0 atom stereocenters. The zero-order valence-corrected chi connectivity index (χ0v) is 14.4. The van der Waals surface area contributed by atoms with Crippen LogP contribution in [0.4, 0.5) is 5.69 Å². The molecular weight excluding hydrogens is 318 g/mol. The summed E-state index contributed by atoms with van der Waals surface area (Å²) < 4.78 is 10.5. The number of anilines is 1. The second-order valence-electron chi connectivity index (χ2n) is 5.82. The topological polar surface area (TPSA) is 77.2 Å². The zero-order valence-electron chi connectivity index (χ0n) is 14.4. The fraction of sp³-hybridized carbons (Fsp3) is 0.211. The molecule has 0 fully saturated rings. The Kier molecular flexibility index (Phi) is 4.79. The minimum Gasteiger partial charge on any atom is -0.485 e. The second-order valence-corrected chi connectivity index (χ2v) is 5.82. The van der Waals surface area contributed by atoms with E-state index in [0.29, 0.717) is 23.0 Å². The molecule has 0 unspecified atom stereocenters. The molecule has 0 spiro atoms. The summed E-state index contributed by atoms with van der Waals surface area (Å²) in [5.41, 5.74) is 3.56. The molecule has 0 saturated carbocycles. The Labute approximate surface area is 145 Å². The first kappa shape index (κ1) is 16.7. The maximum absolute atomic E-state index is 12.4. The molecule has 1 amide bonds. The molecule has 128 valence electrons. The van der Waals surface area contributed by atoms with Crippen molar-refractivity contribution >= 4 is 11.6 Å². The van der Waals surface area contributed by atoms with E-state index in [1.807, 2.05) is 32.0 Å². The lowest BCUT2D eigenvalue weighted by Gasteiger charge is -2.10. The van der Waals surface area contributed by atoms with Gasteiger partial charge in [-0.05, 0) is 49.7 Å². The third-order valence-corrected chi connectivity index (χ3v) is 3.68. The van der Waals surface area contributed by atoms with Crippen LogP contribution in [0.1, 0.15) is 33.2 Å². The number of amides is 1. The van der Waals surface area contributed by atoms with Gasteiger partial charge in [-0.1, -0.05) is 22.9 Å². The number of benzene rings is 2. The first-order chi connectivity index (χ1) is 12.0. The Morgan fingerprint density at radius 2 is 1.88 bits per heavy atom. The van der Waals surface area contributed by atoms with Gasteiger partial charge in [0.05, 0.1) is 0 Å². The highest BCUT2D eigenvalue weighted by atomic mass is 16.5. The molecule has 0 aliphatic rings. The van der Waals surface area contributed by atoms with Gasteiger partial charge in [0.15, 0.2) is 6.61 Å². The fourth-order valence-electron chi connectivity index (χ4n) is 2.40. The molecule has 0 aliphatic heterocycles. The lowest BCUT2D eigenvalue weighted by Crippen LogP contribution is -2.12. The highest BCUT2D eigenvalue weighted by Crippen LogP contribution is 2.18. The minimum atomic E-state index is -0.160. The van der Waals surface area contributed by atoms with E-state index in [-0.39, 0.29) is 12.5 Å². The number of nitrogens with zero attached hydrogens (tertiary/aromatic N) is 2. The summed E-state index contributed by atoms with van der Waals surface area (Å²) in [6.07, 6.45) is 0. The second kappa shape index (κ2) is 7.17. The summed E-state index contributed by atoms with van der Waals surface area (Å²) in [5.74, 6) is 1.45. The van der Waals surface area contributed by atoms with Gasteiger partial charge in [0.25, 0.3) is 5.91 Å². The quantitative estimate of drug-likeness (QED) is 0.766. The van der Waals surface area contributed by atoms with Gasteiger partial charge in [-0.2, -0.15) is 4.98 Å². The molecule has 3 aromatic rings. The summed E-state index contributed by atoms with van der Waals surface area (Å²) in [4.78, 5) is 16.4. The van der Waals surface area contributed by atoms with Gasteiger partial charge in [0, 0.05) is 18.2 Å². The predicted octanol–water partition coefficient (Wildman–Crippen LogP) is 3.83. The van der Waals surface area contributed by atoms with Gasteiger partial charge in [-0.15, -0.1) is 0 Å². The molecule has 0 radical (unpaired) electrons. The van der Waals surface area contributed by atoms with Gasteiger partial charge in [0.2, 0.25) is 11.7 Å². The SMILES string of the molecule is Cc1ccc(NC(=O)c2ccc(OCc3noc(C)n3)cc2)c(C)c1. The summed E-state index contributed by atoms with van der Waals surface area (Å²) in [5, 5.41) is 6.68. The summed E-state index contributed by atoms with van der Waals surface area (Å²) >= 11 is 0. The Balaban J connectivity index is 1.62. The van der Waals surface area contributed by atoms with Gasteiger partial charge in [-0.25, -0.2) is 0 Å². The minimum absolute atomic E-state index is 0.160. The number of hydrogen-bond acceptors (Lipinski definition) is 5. The van der Waals surface area contributed by atoms with Crippen molar-refractivity contribution < 1.29 is 14.1 Å². The van der Waals surface area contributed by atoms with Crippen molar-refractivity contribution in [3.63, 3.8) is 0 Å². The van der Waals surface area contributed by atoms with Crippen molar-refractivity contribution in [1.82, 2.24) is 10.1 Å². The van der Waals surface area contributed by atoms with Crippen LogP contribution in [0.3, 0.4) is 0 Å². The number of aryl methyl sites for hydroxylation is 3.